The Labute approximate surface area is 110 Å². The van der Waals surface area contributed by atoms with Gasteiger partial charge in [-0.1, -0.05) is 19.1 Å². The van der Waals surface area contributed by atoms with Crippen LogP contribution in [-0.2, 0) is 9.53 Å². The summed E-state index contributed by atoms with van der Waals surface area (Å²) in [6.45, 7) is 1.91. The molecule has 100 valence electrons. The summed E-state index contributed by atoms with van der Waals surface area (Å²) in [5, 5.41) is 16.9. The van der Waals surface area contributed by atoms with Crippen molar-refractivity contribution in [3.63, 3.8) is 0 Å². The second-order valence-corrected chi connectivity index (χ2v) is 3.94. The third kappa shape index (κ3) is 3.06. The molecule has 0 aliphatic heterocycles. The van der Waals surface area contributed by atoms with Crippen molar-refractivity contribution >= 4 is 11.7 Å². The van der Waals surface area contributed by atoms with E-state index in [2.05, 4.69) is 25.9 Å². The van der Waals surface area contributed by atoms with Crippen molar-refractivity contribution < 1.29 is 9.53 Å². The van der Waals surface area contributed by atoms with E-state index < -0.39 is 0 Å². The quantitative estimate of drug-likeness (QED) is 0.786. The van der Waals surface area contributed by atoms with E-state index in [9.17, 15) is 4.79 Å². The Hall–Kier alpha value is -2.44. The van der Waals surface area contributed by atoms with Gasteiger partial charge in [0, 0.05) is 11.3 Å². The first-order valence-corrected chi connectivity index (χ1v) is 5.92. The average molecular weight is 261 g/mol. The lowest BCUT2D eigenvalue weighted by atomic mass is 10.1. The number of benzene rings is 1. The third-order valence-electron chi connectivity index (χ3n) is 2.70. The fourth-order valence-electron chi connectivity index (χ4n) is 1.70. The van der Waals surface area contributed by atoms with Gasteiger partial charge >= 0.3 is 5.97 Å². The lowest BCUT2D eigenvalue weighted by Crippen LogP contribution is -2.29. The van der Waals surface area contributed by atoms with Crippen LogP contribution in [0.4, 0.5) is 5.69 Å². The zero-order valence-corrected chi connectivity index (χ0v) is 10.8. The highest BCUT2D eigenvalue weighted by Crippen LogP contribution is 2.19. The van der Waals surface area contributed by atoms with Gasteiger partial charge < -0.3 is 10.1 Å². The molecule has 0 radical (unpaired) electrons. The highest BCUT2D eigenvalue weighted by molar-refractivity contribution is 5.79. The Kier molecular flexibility index (Phi) is 4.07. The summed E-state index contributed by atoms with van der Waals surface area (Å²) < 4.78 is 4.74. The molecular formula is C12H15N5O2. The number of ether oxygens (including phenoxy) is 1. The maximum Gasteiger partial charge on any atom is 0.328 e. The number of hydrogen-bond donors (Lipinski definition) is 2. The molecule has 0 bridgehead atoms. The third-order valence-corrected chi connectivity index (χ3v) is 2.70. The molecule has 0 saturated carbocycles. The number of carbonyl (C=O) groups excluding carboxylic acids is 1. The van der Waals surface area contributed by atoms with E-state index in [0.717, 1.165) is 11.3 Å². The van der Waals surface area contributed by atoms with Crippen molar-refractivity contribution in [1.29, 1.82) is 0 Å². The van der Waals surface area contributed by atoms with Crippen molar-refractivity contribution in [3.8, 4) is 11.4 Å². The fourth-order valence-corrected chi connectivity index (χ4v) is 1.70. The van der Waals surface area contributed by atoms with Gasteiger partial charge in [-0.05, 0) is 23.8 Å². The van der Waals surface area contributed by atoms with Crippen LogP contribution in [0.25, 0.3) is 11.4 Å². The van der Waals surface area contributed by atoms with Gasteiger partial charge in [-0.3, -0.25) is 0 Å². The van der Waals surface area contributed by atoms with Crippen LogP contribution in [0, 0.1) is 0 Å². The minimum absolute atomic E-state index is 0.285. The average Bonchev–Trinajstić information content (AvgIpc) is 2.98. The smallest absolute Gasteiger partial charge is 0.328 e. The van der Waals surface area contributed by atoms with Gasteiger partial charge in [-0.15, -0.1) is 10.2 Å². The Bertz CT molecular complexity index is 541. The lowest BCUT2D eigenvalue weighted by molar-refractivity contribution is -0.141. The van der Waals surface area contributed by atoms with Gasteiger partial charge in [-0.2, -0.15) is 5.21 Å². The highest BCUT2D eigenvalue weighted by Gasteiger charge is 2.16. The van der Waals surface area contributed by atoms with Crippen LogP contribution < -0.4 is 5.32 Å². The van der Waals surface area contributed by atoms with Gasteiger partial charge in [0.15, 0.2) is 0 Å². The number of nitrogens with zero attached hydrogens (tertiary/aromatic N) is 3. The molecule has 0 aliphatic carbocycles. The molecule has 7 nitrogen and oxygen atoms in total. The summed E-state index contributed by atoms with van der Waals surface area (Å²) in [5.74, 6) is 0.224. The summed E-state index contributed by atoms with van der Waals surface area (Å²) >= 11 is 0. The first-order chi connectivity index (χ1) is 9.24. The zero-order chi connectivity index (χ0) is 13.7. The normalized spacial score (nSPS) is 11.9. The molecule has 1 atom stereocenters. The van der Waals surface area contributed by atoms with Gasteiger partial charge in [0.2, 0.25) is 5.82 Å². The largest absolute Gasteiger partial charge is 0.467 e. The molecule has 19 heavy (non-hydrogen) atoms. The van der Waals surface area contributed by atoms with Crippen LogP contribution in [0.3, 0.4) is 0 Å². The molecule has 0 spiro atoms. The van der Waals surface area contributed by atoms with E-state index in [1.807, 2.05) is 31.2 Å². The number of H-pyrrole nitrogens is 1. The number of nitrogens with one attached hydrogen (secondary N) is 2. The molecule has 0 fully saturated rings. The van der Waals surface area contributed by atoms with Crippen LogP contribution in [0.5, 0.6) is 0 Å². The van der Waals surface area contributed by atoms with E-state index in [-0.39, 0.29) is 12.0 Å². The first-order valence-electron chi connectivity index (χ1n) is 5.92. The maximum atomic E-state index is 11.5. The van der Waals surface area contributed by atoms with Crippen molar-refractivity contribution in [2.75, 3.05) is 12.4 Å². The Morgan fingerprint density at radius 1 is 1.53 bits per heavy atom. The highest BCUT2D eigenvalue weighted by atomic mass is 16.5. The Balaban J connectivity index is 2.17. The molecule has 0 aliphatic rings. The van der Waals surface area contributed by atoms with Gasteiger partial charge in [0.05, 0.1) is 7.11 Å². The summed E-state index contributed by atoms with van der Waals surface area (Å²) in [6, 6.07) is 7.09. The molecular weight excluding hydrogens is 246 g/mol. The predicted molar refractivity (Wildman–Crippen MR) is 69.3 cm³/mol. The number of aromatic amines is 1. The summed E-state index contributed by atoms with van der Waals surface area (Å²) in [4.78, 5) is 11.5. The van der Waals surface area contributed by atoms with E-state index >= 15 is 0 Å². The number of anilines is 1. The first kappa shape index (κ1) is 13.0. The minimum atomic E-state index is -0.370. The summed E-state index contributed by atoms with van der Waals surface area (Å²) in [6.07, 6.45) is 0.638. The van der Waals surface area contributed by atoms with Crippen molar-refractivity contribution in [3.05, 3.63) is 24.3 Å². The molecule has 2 aromatic rings. The number of esters is 1. The molecule has 1 aromatic heterocycles. The van der Waals surface area contributed by atoms with E-state index in [0.29, 0.717) is 12.2 Å². The van der Waals surface area contributed by atoms with Crippen LogP contribution in [0.1, 0.15) is 13.3 Å². The minimum Gasteiger partial charge on any atom is -0.467 e. The fraction of sp³-hybridized carbons (Fsp3) is 0.333. The Morgan fingerprint density at radius 2 is 2.37 bits per heavy atom. The molecule has 2 N–H and O–H groups in total. The van der Waals surface area contributed by atoms with E-state index in [1.54, 1.807) is 0 Å². The molecule has 0 amide bonds. The SMILES string of the molecule is CCC(Nc1cccc(-c2nn[nH]n2)c1)C(=O)OC. The van der Waals surface area contributed by atoms with Gasteiger partial charge in [0.1, 0.15) is 6.04 Å². The summed E-state index contributed by atoms with van der Waals surface area (Å²) in [5.41, 5.74) is 1.62. The topological polar surface area (TPSA) is 92.8 Å². The van der Waals surface area contributed by atoms with Gasteiger partial charge in [0.25, 0.3) is 0 Å². The second-order valence-electron chi connectivity index (χ2n) is 3.94. The molecule has 1 heterocycles. The monoisotopic (exact) mass is 261 g/mol. The molecule has 1 unspecified atom stereocenters. The Morgan fingerprint density at radius 3 is 3.00 bits per heavy atom. The standard InChI is InChI=1S/C12H15N5O2/c1-3-10(12(18)19-2)13-9-6-4-5-8(7-9)11-14-16-17-15-11/h4-7,10,13H,3H2,1-2H3,(H,14,15,16,17). The van der Waals surface area contributed by atoms with Crippen molar-refractivity contribution in [1.82, 2.24) is 20.6 Å². The van der Waals surface area contributed by atoms with Crippen molar-refractivity contribution in [2.45, 2.75) is 19.4 Å². The number of methoxy groups -OCH3 is 1. The van der Waals surface area contributed by atoms with Crippen LogP contribution in [-0.4, -0.2) is 39.7 Å². The molecule has 1 aromatic carbocycles. The molecule has 2 rings (SSSR count). The van der Waals surface area contributed by atoms with E-state index in [4.69, 9.17) is 4.74 Å². The van der Waals surface area contributed by atoms with Gasteiger partial charge in [-0.25, -0.2) is 4.79 Å². The molecule has 0 saturated heterocycles. The molecule has 7 heteroatoms. The zero-order valence-electron chi connectivity index (χ0n) is 10.8. The number of rotatable bonds is 5. The number of tetrazole rings is 1. The predicted octanol–water partition coefficient (Wildman–Crippen LogP) is 1.23. The van der Waals surface area contributed by atoms with Crippen molar-refractivity contribution in [2.24, 2.45) is 0 Å². The van der Waals surface area contributed by atoms with Crippen LogP contribution in [0.2, 0.25) is 0 Å². The second kappa shape index (κ2) is 5.94. The van der Waals surface area contributed by atoms with Crippen LogP contribution >= 0.6 is 0 Å². The van der Waals surface area contributed by atoms with E-state index in [1.165, 1.54) is 7.11 Å². The summed E-state index contributed by atoms with van der Waals surface area (Å²) in [7, 11) is 1.38. The number of carbonyl (C=O) groups is 1. The maximum absolute atomic E-state index is 11.5. The number of aromatic nitrogens is 4. The lowest BCUT2D eigenvalue weighted by Gasteiger charge is -2.16. The number of hydrogen-bond acceptors (Lipinski definition) is 6. The van der Waals surface area contributed by atoms with Crippen LogP contribution in [0.15, 0.2) is 24.3 Å².